The second-order valence-corrected chi connectivity index (χ2v) is 9.46. The summed E-state index contributed by atoms with van der Waals surface area (Å²) in [7, 11) is 0. The van der Waals surface area contributed by atoms with Crippen molar-refractivity contribution in [3.05, 3.63) is 64.4 Å². The van der Waals surface area contributed by atoms with Gasteiger partial charge >= 0.3 is 0 Å². The van der Waals surface area contributed by atoms with Crippen LogP contribution in [0, 0.1) is 0 Å². The van der Waals surface area contributed by atoms with Gasteiger partial charge in [0.25, 0.3) is 0 Å². The van der Waals surface area contributed by atoms with Crippen LogP contribution in [0.4, 0.5) is 0 Å². The van der Waals surface area contributed by atoms with Gasteiger partial charge < -0.3 is 9.09 Å². The maximum absolute atomic E-state index is 5.48. The van der Waals surface area contributed by atoms with Crippen LogP contribution in [0.25, 0.3) is 11.4 Å². The standard InChI is InChI=1S/C22H23N5OS2/c1-3-8-16(9-4-1)21-23-20(28-26-21)15-30-22-25-24-19(14-18-12-7-13-29-18)27(22)17-10-5-2-6-11-17/h1,3-4,7-9,12-13,17H,2,5-6,10-11,14-15H2. The third kappa shape index (κ3) is 4.34. The number of rotatable bonds is 7. The summed E-state index contributed by atoms with van der Waals surface area (Å²) in [5.74, 6) is 2.88. The summed E-state index contributed by atoms with van der Waals surface area (Å²) in [6, 6.07) is 14.6. The molecule has 0 radical (unpaired) electrons. The van der Waals surface area contributed by atoms with Gasteiger partial charge in [-0.1, -0.05) is 72.6 Å². The minimum Gasteiger partial charge on any atom is -0.338 e. The van der Waals surface area contributed by atoms with Crippen LogP contribution in [-0.4, -0.2) is 24.9 Å². The molecular weight excluding hydrogens is 414 g/mol. The van der Waals surface area contributed by atoms with Crippen molar-refractivity contribution >= 4 is 23.1 Å². The molecule has 1 aliphatic carbocycles. The van der Waals surface area contributed by atoms with Crippen LogP contribution in [0.2, 0.25) is 0 Å². The SMILES string of the molecule is c1ccc(-c2noc(CSc3nnc(Cc4cccs4)n3C3CCCCC3)n2)cc1. The summed E-state index contributed by atoms with van der Waals surface area (Å²) >= 11 is 3.40. The zero-order chi connectivity index (χ0) is 20.2. The Hall–Kier alpha value is -2.45. The van der Waals surface area contributed by atoms with Crippen molar-refractivity contribution in [1.82, 2.24) is 24.9 Å². The zero-order valence-corrected chi connectivity index (χ0v) is 18.2. The highest BCUT2D eigenvalue weighted by atomic mass is 32.2. The van der Waals surface area contributed by atoms with E-state index in [4.69, 9.17) is 4.52 Å². The minimum atomic E-state index is 0.480. The third-order valence-electron chi connectivity index (χ3n) is 5.41. The lowest BCUT2D eigenvalue weighted by Gasteiger charge is -2.25. The first-order valence-electron chi connectivity index (χ1n) is 10.3. The summed E-state index contributed by atoms with van der Waals surface area (Å²) in [5, 5.41) is 16.3. The molecule has 5 rings (SSSR count). The Kier molecular flexibility index (Phi) is 5.94. The summed E-state index contributed by atoms with van der Waals surface area (Å²) in [6.07, 6.45) is 7.10. The average molecular weight is 438 g/mol. The number of hydrogen-bond acceptors (Lipinski definition) is 7. The predicted molar refractivity (Wildman–Crippen MR) is 119 cm³/mol. The third-order valence-corrected chi connectivity index (χ3v) is 7.22. The fraction of sp³-hybridized carbons (Fsp3) is 0.364. The van der Waals surface area contributed by atoms with E-state index in [2.05, 4.69) is 42.4 Å². The first-order valence-corrected chi connectivity index (χ1v) is 12.2. The molecule has 0 aliphatic heterocycles. The Morgan fingerprint density at radius 1 is 1.03 bits per heavy atom. The van der Waals surface area contributed by atoms with Crippen LogP contribution in [0.3, 0.4) is 0 Å². The number of thiophene rings is 1. The molecule has 4 aromatic rings. The second-order valence-electron chi connectivity index (χ2n) is 7.48. The van der Waals surface area contributed by atoms with Gasteiger partial charge in [0, 0.05) is 22.9 Å². The van der Waals surface area contributed by atoms with Crippen molar-refractivity contribution in [2.24, 2.45) is 0 Å². The van der Waals surface area contributed by atoms with Gasteiger partial charge in [-0.3, -0.25) is 0 Å². The molecule has 3 heterocycles. The van der Waals surface area contributed by atoms with E-state index < -0.39 is 0 Å². The molecule has 0 spiro atoms. The molecule has 6 nitrogen and oxygen atoms in total. The topological polar surface area (TPSA) is 69.6 Å². The molecule has 0 N–H and O–H groups in total. The predicted octanol–water partition coefficient (Wildman–Crippen LogP) is 5.78. The molecule has 3 aromatic heterocycles. The van der Waals surface area contributed by atoms with Crippen LogP contribution in [-0.2, 0) is 12.2 Å². The van der Waals surface area contributed by atoms with Crippen LogP contribution in [0.1, 0.15) is 54.7 Å². The largest absolute Gasteiger partial charge is 0.338 e. The van der Waals surface area contributed by atoms with Crippen molar-refractivity contribution in [3.63, 3.8) is 0 Å². The smallest absolute Gasteiger partial charge is 0.237 e. The van der Waals surface area contributed by atoms with E-state index in [1.54, 1.807) is 23.1 Å². The number of nitrogens with zero attached hydrogens (tertiary/aromatic N) is 5. The number of hydrogen-bond donors (Lipinski definition) is 0. The first kappa shape index (κ1) is 19.5. The van der Waals surface area contributed by atoms with Crippen LogP contribution in [0.15, 0.2) is 57.5 Å². The molecule has 0 amide bonds. The lowest BCUT2D eigenvalue weighted by molar-refractivity contribution is 0.330. The molecule has 1 aliphatic rings. The van der Waals surface area contributed by atoms with Gasteiger partial charge in [0.2, 0.25) is 11.7 Å². The minimum absolute atomic E-state index is 0.480. The molecule has 30 heavy (non-hydrogen) atoms. The van der Waals surface area contributed by atoms with E-state index in [1.807, 2.05) is 30.3 Å². The molecule has 0 atom stereocenters. The highest BCUT2D eigenvalue weighted by Crippen LogP contribution is 2.34. The average Bonchev–Trinajstić information content (AvgIpc) is 3.55. The van der Waals surface area contributed by atoms with Gasteiger partial charge in [-0.15, -0.1) is 21.5 Å². The molecule has 0 saturated heterocycles. The molecular formula is C22H23N5OS2. The van der Waals surface area contributed by atoms with Gasteiger partial charge in [0.05, 0.1) is 5.75 Å². The summed E-state index contributed by atoms with van der Waals surface area (Å²) in [5.41, 5.74) is 0.959. The van der Waals surface area contributed by atoms with E-state index in [9.17, 15) is 0 Å². The van der Waals surface area contributed by atoms with Crippen LogP contribution in [0.5, 0.6) is 0 Å². The van der Waals surface area contributed by atoms with E-state index in [-0.39, 0.29) is 0 Å². The summed E-state index contributed by atoms with van der Waals surface area (Å²) in [4.78, 5) is 5.87. The number of aromatic nitrogens is 5. The van der Waals surface area contributed by atoms with Gasteiger partial charge in [-0.2, -0.15) is 4.98 Å². The Morgan fingerprint density at radius 3 is 2.70 bits per heavy atom. The van der Waals surface area contributed by atoms with Crippen molar-refractivity contribution in [2.45, 2.75) is 55.5 Å². The molecule has 8 heteroatoms. The first-order chi connectivity index (χ1) is 14.9. The lowest BCUT2D eigenvalue weighted by atomic mass is 9.95. The highest BCUT2D eigenvalue weighted by molar-refractivity contribution is 7.98. The Labute approximate surface area is 183 Å². The fourth-order valence-electron chi connectivity index (χ4n) is 3.95. The molecule has 1 fully saturated rings. The van der Waals surface area contributed by atoms with Gasteiger partial charge in [-0.25, -0.2) is 0 Å². The Balaban J connectivity index is 1.35. The molecule has 1 aromatic carbocycles. The maximum Gasteiger partial charge on any atom is 0.237 e. The highest BCUT2D eigenvalue weighted by Gasteiger charge is 2.24. The summed E-state index contributed by atoms with van der Waals surface area (Å²) < 4.78 is 7.85. The normalized spacial score (nSPS) is 14.9. The Bertz CT molecular complexity index is 1070. The van der Waals surface area contributed by atoms with E-state index in [0.29, 0.717) is 23.5 Å². The van der Waals surface area contributed by atoms with E-state index in [0.717, 1.165) is 23.0 Å². The van der Waals surface area contributed by atoms with Gasteiger partial charge in [0.15, 0.2) is 5.16 Å². The molecule has 154 valence electrons. The van der Waals surface area contributed by atoms with E-state index in [1.165, 1.54) is 37.0 Å². The van der Waals surface area contributed by atoms with E-state index >= 15 is 0 Å². The Morgan fingerprint density at radius 2 is 1.90 bits per heavy atom. The van der Waals surface area contributed by atoms with Crippen molar-refractivity contribution in [3.8, 4) is 11.4 Å². The van der Waals surface area contributed by atoms with Crippen LogP contribution < -0.4 is 0 Å². The number of thioether (sulfide) groups is 1. The maximum atomic E-state index is 5.48. The zero-order valence-electron chi connectivity index (χ0n) is 16.6. The molecule has 0 unspecified atom stereocenters. The fourth-order valence-corrected chi connectivity index (χ4v) is 5.51. The van der Waals surface area contributed by atoms with Crippen LogP contribution >= 0.6 is 23.1 Å². The molecule has 1 saturated carbocycles. The quantitative estimate of drug-likeness (QED) is 0.341. The monoisotopic (exact) mass is 437 g/mol. The van der Waals surface area contributed by atoms with Crippen molar-refractivity contribution in [1.29, 1.82) is 0 Å². The van der Waals surface area contributed by atoms with Gasteiger partial charge in [0.1, 0.15) is 5.82 Å². The van der Waals surface area contributed by atoms with Gasteiger partial charge in [-0.05, 0) is 24.3 Å². The lowest BCUT2D eigenvalue weighted by Crippen LogP contribution is -2.16. The van der Waals surface area contributed by atoms with Crippen molar-refractivity contribution in [2.75, 3.05) is 0 Å². The second kappa shape index (κ2) is 9.14. The molecule has 0 bridgehead atoms. The van der Waals surface area contributed by atoms with Crippen molar-refractivity contribution < 1.29 is 4.52 Å². The summed E-state index contributed by atoms with van der Waals surface area (Å²) in [6.45, 7) is 0. The number of benzene rings is 1.